The summed E-state index contributed by atoms with van der Waals surface area (Å²) in [6, 6.07) is 1.65. The Morgan fingerprint density at radius 1 is 1.56 bits per heavy atom. The molecule has 0 aliphatic heterocycles. The second-order valence-corrected chi connectivity index (χ2v) is 3.82. The lowest BCUT2D eigenvalue weighted by Gasteiger charge is -2.04. The van der Waals surface area contributed by atoms with Crippen molar-refractivity contribution < 1.29 is 4.79 Å². The second-order valence-electron chi connectivity index (χ2n) is 3.82. The fraction of sp³-hybridized carbons (Fsp3) is 0.400. The average Bonchev–Trinajstić information content (AvgIpc) is 2.96. The predicted octanol–water partition coefficient (Wildman–Crippen LogP) is -0.668. The number of hydrogen-bond acceptors (Lipinski definition) is 5. The Morgan fingerprint density at radius 2 is 2.44 bits per heavy atom. The molecular weight excluding hydrogens is 234 g/mol. The van der Waals surface area contributed by atoms with Gasteiger partial charge in [-0.1, -0.05) is 0 Å². The quantitative estimate of drug-likeness (QED) is 0.587. The third kappa shape index (κ3) is 3.58. The van der Waals surface area contributed by atoms with Gasteiger partial charge in [0.05, 0.1) is 0 Å². The van der Waals surface area contributed by atoms with Crippen LogP contribution in [0.3, 0.4) is 0 Å². The van der Waals surface area contributed by atoms with Crippen LogP contribution in [0.15, 0.2) is 18.6 Å². The number of carbonyl (C=O) groups is 1. The summed E-state index contributed by atoms with van der Waals surface area (Å²) in [4.78, 5) is 15.5. The highest BCUT2D eigenvalue weighted by atomic mass is 16.2. The number of aromatic nitrogens is 5. The minimum absolute atomic E-state index is 0.0873. The van der Waals surface area contributed by atoms with E-state index in [0.29, 0.717) is 12.4 Å². The Morgan fingerprint density at radius 3 is 3.11 bits per heavy atom. The van der Waals surface area contributed by atoms with Gasteiger partial charge >= 0.3 is 0 Å². The van der Waals surface area contributed by atoms with E-state index in [4.69, 9.17) is 5.73 Å². The van der Waals surface area contributed by atoms with E-state index in [1.807, 2.05) is 0 Å². The minimum atomic E-state index is -0.0873. The molecular formula is C10H15N7O. The number of nitrogen functional groups attached to an aromatic ring is 1. The van der Waals surface area contributed by atoms with E-state index < -0.39 is 0 Å². The zero-order valence-corrected chi connectivity index (χ0v) is 9.83. The Hall–Kier alpha value is -2.38. The molecule has 0 bridgehead atoms. The third-order valence-corrected chi connectivity index (χ3v) is 2.34. The molecule has 0 spiro atoms. The SMILES string of the molecule is Nc1ccn(CC(=O)NCCCc2ncn[nH]2)n1. The standard InChI is InChI=1S/C10H15N7O/c11-8-3-5-17(16-8)6-10(18)12-4-1-2-9-13-7-14-15-9/h3,5,7H,1-2,4,6H2,(H2,11,16)(H,12,18)(H,13,14,15). The number of amides is 1. The number of nitrogens with zero attached hydrogens (tertiary/aromatic N) is 4. The van der Waals surface area contributed by atoms with E-state index in [-0.39, 0.29) is 12.5 Å². The van der Waals surface area contributed by atoms with Crippen LogP contribution < -0.4 is 11.1 Å². The zero-order valence-electron chi connectivity index (χ0n) is 9.83. The average molecular weight is 249 g/mol. The highest BCUT2D eigenvalue weighted by Gasteiger charge is 2.03. The first kappa shape index (κ1) is 12.1. The van der Waals surface area contributed by atoms with Crippen molar-refractivity contribution in [3.05, 3.63) is 24.4 Å². The van der Waals surface area contributed by atoms with Gasteiger partial charge in [-0.2, -0.15) is 10.2 Å². The molecule has 0 radical (unpaired) electrons. The van der Waals surface area contributed by atoms with Crippen LogP contribution in [0, 0.1) is 0 Å². The van der Waals surface area contributed by atoms with Crippen molar-refractivity contribution in [3.8, 4) is 0 Å². The van der Waals surface area contributed by atoms with Gasteiger partial charge in [0.1, 0.15) is 24.5 Å². The molecule has 4 N–H and O–H groups in total. The van der Waals surface area contributed by atoms with Crippen LogP contribution in [0.25, 0.3) is 0 Å². The first-order chi connectivity index (χ1) is 8.74. The Bertz CT molecular complexity index is 490. The molecule has 18 heavy (non-hydrogen) atoms. The number of aryl methyl sites for hydroxylation is 1. The van der Waals surface area contributed by atoms with Gasteiger partial charge < -0.3 is 11.1 Å². The lowest BCUT2D eigenvalue weighted by Crippen LogP contribution is -2.28. The lowest BCUT2D eigenvalue weighted by atomic mass is 10.3. The Kier molecular flexibility index (Phi) is 3.90. The van der Waals surface area contributed by atoms with Gasteiger partial charge in [-0.05, 0) is 12.5 Å². The van der Waals surface area contributed by atoms with E-state index in [2.05, 4.69) is 25.6 Å². The molecule has 96 valence electrons. The molecule has 8 nitrogen and oxygen atoms in total. The molecule has 0 fully saturated rings. The smallest absolute Gasteiger partial charge is 0.241 e. The molecule has 8 heteroatoms. The number of rotatable bonds is 6. The molecule has 0 atom stereocenters. The zero-order chi connectivity index (χ0) is 12.8. The number of H-pyrrole nitrogens is 1. The van der Waals surface area contributed by atoms with Gasteiger partial charge in [-0.25, -0.2) is 4.98 Å². The monoisotopic (exact) mass is 249 g/mol. The second kappa shape index (κ2) is 5.80. The van der Waals surface area contributed by atoms with Crippen LogP contribution in [0.4, 0.5) is 5.82 Å². The van der Waals surface area contributed by atoms with Gasteiger partial charge in [0.15, 0.2) is 0 Å². The van der Waals surface area contributed by atoms with Crippen molar-refractivity contribution in [1.29, 1.82) is 0 Å². The molecule has 2 heterocycles. The summed E-state index contributed by atoms with van der Waals surface area (Å²) in [7, 11) is 0. The molecule has 0 saturated carbocycles. The molecule has 2 aromatic rings. The minimum Gasteiger partial charge on any atom is -0.382 e. The van der Waals surface area contributed by atoms with E-state index in [1.165, 1.54) is 11.0 Å². The van der Waals surface area contributed by atoms with Crippen molar-refractivity contribution >= 4 is 11.7 Å². The van der Waals surface area contributed by atoms with E-state index in [1.54, 1.807) is 12.3 Å². The largest absolute Gasteiger partial charge is 0.382 e. The highest BCUT2D eigenvalue weighted by molar-refractivity contribution is 5.75. The summed E-state index contributed by atoms with van der Waals surface area (Å²) in [5, 5.41) is 13.2. The predicted molar refractivity (Wildman–Crippen MR) is 64.4 cm³/mol. The normalized spacial score (nSPS) is 10.4. The van der Waals surface area contributed by atoms with Gasteiger partial charge in [-0.15, -0.1) is 0 Å². The summed E-state index contributed by atoms with van der Waals surface area (Å²) in [5.41, 5.74) is 5.45. The van der Waals surface area contributed by atoms with Crippen LogP contribution >= 0.6 is 0 Å². The van der Waals surface area contributed by atoms with E-state index >= 15 is 0 Å². The summed E-state index contributed by atoms with van der Waals surface area (Å²) >= 11 is 0. The highest BCUT2D eigenvalue weighted by Crippen LogP contribution is 1.95. The number of anilines is 1. The third-order valence-electron chi connectivity index (χ3n) is 2.34. The number of nitrogens with one attached hydrogen (secondary N) is 2. The van der Waals surface area contributed by atoms with Crippen LogP contribution in [0.2, 0.25) is 0 Å². The molecule has 0 aromatic carbocycles. The Balaban J connectivity index is 1.63. The molecule has 0 saturated heterocycles. The molecule has 0 aliphatic rings. The number of hydrogen-bond donors (Lipinski definition) is 3. The van der Waals surface area contributed by atoms with Crippen molar-refractivity contribution in [1.82, 2.24) is 30.3 Å². The fourth-order valence-electron chi connectivity index (χ4n) is 1.50. The summed E-state index contributed by atoms with van der Waals surface area (Å²) in [6.45, 7) is 0.774. The topological polar surface area (TPSA) is 115 Å². The molecule has 0 aliphatic carbocycles. The number of aromatic amines is 1. The Labute approximate surface area is 104 Å². The number of carbonyl (C=O) groups excluding carboxylic acids is 1. The van der Waals surface area contributed by atoms with Crippen LogP contribution in [0.1, 0.15) is 12.2 Å². The summed E-state index contributed by atoms with van der Waals surface area (Å²) in [6.07, 6.45) is 4.71. The van der Waals surface area contributed by atoms with E-state index in [9.17, 15) is 4.79 Å². The van der Waals surface area contributed by atoms with Crippen molar-refractivity contribution in [3.63, 3.8) is 0 Å². The molecule has 2 aromatic heterocycles. The van der Waals surface area contributed by atoms with E-state index in [0.717, 1.165) is 18.7 Å². The number of nitrogens with two attached hydrogens (primary N) is 1. The first-order valence-electron chi connectivity index (χ1n) is 5.64. The molecule has 2 rings (SSSR count). The van der Waals surface area contributed by atoms with Crippen LogP contribution in [-0.4, -0.2) is 37.4 Å². The van der Waals surface area contributed by atoms with Gasteiger partial charge in [0, 0.05) is 19.2 Å². The molecule has 1 amide bonds. The van der Waals surface area contributed by atoms with Crippen molar-refractivity contribution in [2.45, 2.75) is 19.4 Å². The fourth-order valence-corrected chi connectivity index (χ4v) is 1.50. The van der Waals surface area contributed by atoms with Crippen molar-refractivity contribution in [2.24, 2.45) is 0 Å². The lowest BCUT2D eigenvalue weighted by molar-refractivity contribution is -0.121. The van der Waals surface area contributed by atoms with Crippen LogP contribution in [0.5, 0.6) is 0 Å². The van der Waals surface area contributed by atoms with Gasteiger partial charge in [0.2, 0.25) is 5.91 Å². The van der Waals surface area contributed by atoms with Crippen LogP contribution in [-0.2, 0) is 17.8 Å². The maximum absolute atomic E-state index is 11.5. The maximum atomic E-state index is 11.5. The molecule has 0 unspecified atom stereocenters. The van der Waals surface area contributed by atoms with Gasteiger partial charge in [0.25, 0.3) is 0 Å². The summed E-state index contributed by atoms with van der Waals surface area (Å²) in [5.74, 6) is 1.15. The summed E-state index contributed by atoms with van der Waals surface area (Å²) < 4.78 is 1.50. The van der Waals surface area contributed by atoms with Crippen molar-refractivity contribution in [2.75, 3.05) is 12.3 Å². The first-order valence-corrected chi connectivity index (χ1v) is 5.64. The van der Waals surface area contributed by atoms with Gasteiger partial charge in [-0.3, -0.25) is 14.6 Å². The maximum Gasteiger partial charge on any atom is 0.241 e.